The highest BCUT2D eigenvalue weighted by molar-refractivity contribution is 7.97. The number of hydrogen-bond donors (Lipinski definition) is 2. The highest BCUT2D eigenvalue weighted by Gasteiger charge is 2.15. The Labute approximate surface area is 223 Å². The second-order valence-electron chi connectivity index (χ2n) is 9.36. The zero-order chi connectivity index (χ0) is 25.5. The first-order chi connectivity index (χ1) is 17.0. The maximum atomic E-state index is 9.51. The number of aliphatic hydroxyl groups excluding tert-OH is 1. The molecule has 36 heavy (non-hydrogen) atoms. The van der Waals surface area contributed by atoms with Crippen molar-refractivity contribution in [2.75, 3.05) is 27.2 Å². The molecule has 4 rings (SSSR count). The zero-order valence-electron chi connectivity index (χ0n) is 21.6. The normalized spacial score (nSPS) is 14.1. The van der Waals surface area contributed by atoms with Crippen molar-refractivity contribution in [3.63, 3.8) is 0 Å². The minimum absolute atomic E-state index is 0. The summed E-state index contributed by atoms with van der Waals surface area (Å²) in [6.07, 6.45) is 7.81. The SMILES string of the molecule is C.C=O.CN(C)Sc1cccc2ccccc12.Cc1ccc(CC(CO)NCC2CCCCC2)cc1. The summed E-state index contributed by atoms with van der Waals surface area (Å²) in [5, 5.41) is 15.7. The molecule has 1 unspecified atom stereocenters. The van der Waals surface area contributed by atoms with Crippen LogP contribution in [0.25, 0.3) is 10.8 Å². The molecular weight excluding hydrogens is 464 g/mol. The Balaban J connectivity index is 0.000000340. The number of nitrogens with one attached hydrogen (secondary N) is 1. The van der Waals surface area contributed by atoms with E-state index >= 15 is 0 Å². The Morgan fingerprint density at radius 3 is 2.25 bits per heavy atom. The van der Waals surface area contributed by atoms with E-state index in [9.17, 15) is 5.11 Å². The molecule has 1 saturated carbocycles. The van der Waals surface area contributed by atoms with Crippen molar-refractivity contribution in [3.8, 4) is 0 Å². The number of hydrogen-bond acceptors (Lipinski definition) is 5. The summed E-state index contributed by atoms with van der Waals surface area (Å²) in [7, 11) is 4.12. The van der Waals surface area contributed by atoms with Gasteiger partial charge in [0.25, 0.3) is 0 Å². The molecule has 0 radical (unpaired) electrons. The van der Waals surface area contributed by atoms with E-state index in [0.717, 1.165) is 18.9 Å². The van der Waals surface area contributed by atoms with Crippen LogP contribution in [0.1, 0.15) is 50.7 Å². The van der Waals surface area contributed by atoms with E-state index in [1.807, 2.05) is 6.79 Å². The van der Waals surface area contributed by atoms with Gasteiger partial charge in [0, 0.05) is 10.9 Å². The van der Waals surface area contributed by atoms with Gasteiger partial charge in [0.15, 0.2) is 0 Å². The van der Waals surface area contributed by atoms with Crippen LogP contribution >= 0.6 is 11.9 Å². The Bertz CT molecular complexity index is 966. The highest BCUT2D eigenvalue weighted by Crippen LogP contribution is 2.28. The average Bonchev–Trinajstić information content (AvgIpc) is 2.90. The molecule has 1 aliphatic carbocycles. The van der Waals surface area contributed by atoms with E-state index in [1.165, 1.54) is 58.9 Å². The Kier molecular flexibility index (Phi) is 16.0. The standard InChI is InChI=1S/C17H27NO.C12H13NS.CH2O.CH4/c1-14-7-9-15(10-8-14)11-17(13-19)18-12-16-5-3-2-4-6-16;1-13(2)14-12-9-5-7-10-6-3-4-8-11(10)12;1-2;/h7-10,16-19H,2-6,11-13H2,1H3;3-9H,1-2H3;1H2;1H4. The van der Waals surface area contributed by atoms with Gasteiger partial charge in [-0.15, -0.1) is 0 Å². The largest absolute Gasteiger partial charge is 0.395 e. The van der Waals surface area contributed by atoms with Gasteiger partial charge in [0.1, 0.15) is 6.79 Å². The smallest absolute Gasteiger partial charge is 0.106 e. The van der Waals surface area contributed by atoms with Crippen molar-refractivity contribution < 1.29 is 9.90 Å². The predicted molar refractivity (Wildman–Crippen MR) is 158 cm³/mol. The average molecular weight is 511 g/mol. The lowest BCUT2D eigenvalue weighted by Gasteiger charge is -2.25. The molecule has 4 nitrogen and oxygen atoms in total. The summed E-state index contributed by atoms with van der Waals surface area (Å²) in [6.45, 7) is 5.40. The molecule has 198 valence electrons. The molecule has 0 aromatic heterocycles. The summed E-state index contributed by atoms with van der Waals surface area (Å²) in [5.74, 6) is 0.820. The molecule has 0 aliphatic heterocycles. The van der Waals surface area contributed by atoms with E-state index < -0.39 is 0 Å². The molecule has 1 aliphatic rings. The van der Waals surface area contributed by atoms with E-state index in [0.29, 0.717) is 0 Å². The summed E-state index contributed by atoms with van der Waals surface area (Å²) in [5.41, 5.74) is 2.60. The number of carbonyl (C=O) groups excluding carboxylic acids is 1. The van der Waals surface area contributed by atoms with Gasteiger partial charge in [-0.25, -0.2) is 0 Å². The Hall–Kier alpha value is -2.18. The Morgan fingerprint density at radius 1 is 0.972 bits per heavy atom. The third kappa shape index (κ3) is 11.3. The van der Waals surface area contributed by atoms with E-state index in [1.54, 1.807) is 11.9 Å². The van der Waals surface area contributed by atoms with Crippen molar-refractivity contribution in [2.45, 2.75) is 63.8 Å². The van der Waals surface area contributed by atoms with Crippen LogP contribution in [0.5, 0.6) is 0 Å². The lowest BCUT2D eigenvalue weighted by atomic mass is 9.89. The van der Waals surface area contributed by atoms with Crippen LogP contribution in [0.15, 0.2) is 71.6 Å². The van der Waals surface area contributed by atoms with E-state index in [2.05, 4.69) is 97.4 Å². The molecule has 3 aromatic carbocycles. The van der Waals surface area contributed by atoms with Crippen molar-refractivity contribution in [1.29, 1.82) is 0 Å². The first kappa shape index (κ1) is 31.8. The van der Waals surface area contributed by atoms with Gasteiger partial charge in [0.05, 0.1) is 6.61 Å². The molecule has 0 heterocycles. The van der Waals surface area contributed by atoms with Gasteiger partial charge >= 0.3 is 0 Å². The molecule has 0 amide bonds. The number of nitrogens with zero attached hydrogens (tertiary/aromatic N) is 1. The number of aliphatic hydroxyl groups is 1. The van der Waals surface area contributed by atoms with Crippen LogP contribution in [0.3, 0.4) is 0 Å². The minimum Gasteiger partial charge on any atom is -0.395 e. The van der Waals surface area contributed by atoms with Gasteiger partial charge in [-0.3, -0.25) is 4.31 Å². The number of benzene rings is 3. The second kappa shape index (κ2) is 18.1. The molecule has 1 fully saturated rings. The molecule has 0 saturated heterocycles. The quantitative estimate of drug-likeness (QED) is 0.322. The summed E-state index contributed by atoms with van der Waals surface area (Å²) >= 11 is 1.76. The topological polar surface area (TPSA) is 52.6 Å². The lowest BCUT2D eigenvalue weighted by molar-refractivity contribution is -0.0979. The molecule has 0 spiro atoms. The number of fused-ring (bicyclic) bond motifs is 1. The molecule has 2 N–H and O–H groups in total. The van der Waals surface area contributed by atoms with Gasteiger partial charge in [-0.1, -0.05) is 92.9 Å². The summed E-state index contributed by atoms with van der Waals surface area (Å²) < 4.78 is 2.11. The van der Waals surface area contributed by atoms with Crippen LogP contribution in [0.2, 0.25) is 0 Å². The fourth-order valence-corrected chi connectivity index (χ4v) is 5.22. The van der Waals surface area contributed by atoms with Crippen LogP contribution in [0.4, 0.5) is 0 Å². The van der Waals surface area contributed by atoms with Crippen molar-refractivity contribution in [3.05, 3.63) is 77.9 Å². The van der Waals surface area contributed by atoms with E-state index in [4.69, 9.17) is 4.79 Å². The highest BCUT2D eigenvalue weighted by atomic mass is 32.2. The summed E-state index contributed by atoms with van der Waals surface area (Å²) in [6, 6.07) is 23.7. The number of carbonyl (C=O) groups is 1. The third-order valence-electron chi connectivity index (χ3n) is 6.27. The fourth-order valence-electron chi connectivity index (χ4n) is 4.41. The minimum atomic E-state index is 0. The summed E-state index contributed by atoms with van der Waals surface area (Å²) in [4.78, 5) is 9.31. The van der Waals surface area contributed by atoms with Crippen LogP contribution in [0, 0.1) is 12.8 Å². The van der Waals surface area contributed by atoms with Crippen molar-refractivity contribution in [1.82, 2.24) is 9.62 Å². The second-order valence-corrected chi connectivity index (χ2v) is 10.7. The van der Waals surface area contributed by atoms with Crippen molar-refractivity contribution >= 4 is 29.5 Å². The maximum absolute atomic E-state index is 9.51. The number of aryl methyl sites for hydroxylation is 1. The molecule has 5 heteroatoms. The van der Waals surface area contributed by atoms with Gasteiger partial charge in [-0.2, -0.15) is 0 Å². The molecule has 1 atom stereocenters. The predicted octanol–water partition coefficient (Wildman–Crippen LogP) is 6.93. The van der Waals surface area contributed by atoms with Crippen molar-refractivity contribution in [2.24, 2.45) is 5.92 Å². The zero-order valence-corrected chi connectivity index (χ0v) is 22.4. The Morgan fingerprint density at radius 2 is 1.61 bits per heavy atom. The lowest BCUT2D eigenvalue weighted by Crippen LogP contribution is -2.38. The first-order valence-corrected chi connectivity index (χ1v) is 13.3. The van der Waals surface area contributed by atoms with Gasteiger partial charge < -0.3 is 15.2 Å². The fraction of sp³-hybridized carbons (Fsp3) is 0.452. The monoisotopic (exact) mass is 510 g/mol. The third-order valence-corrected chi connectivity index (χ3v) is 7.19. The molecule has 0 bridgehead atoms. The van der Waals surface area contributed by atoms with E-state index in [-0.39, 0.29) is 20.1 Å². The number of rotatable bonds is 8. The molecule has 3 aromatic rings. The maximum Gasteiger partial charge on any atom is 0.106 e. The van der Waals surface area contributed by atoms with Crippen LogP contribution in [-0.2, 0) is 11.2 Å². The molecular formula is C31H46N2O2S. The van der Waals surface area contributed by atoms with Crippen LogP contribution < -0.4 is 5.32 Å². The van der Waals surface area contributed by atoms with Gasteiger partial charge in [0.2, 0.25) is 0 Å². The first-order valence-electron chi connectivity index (χ1n) is 12.6. The van der Waals surface area contributed by atoms with Crippen LogP contribution in [-0.4, -0.2) is 49.5 Å². The van der Waals surface area contributed by atoms with Gasteiger partial charge in [-0.05, 0) is 87.1 Å².